The van der Waals surface area contributed by atoms with Gasteiger partial charge < -0.3 is 9.47 Å². The quantitative estimate of drug-likeness (QED) is 0.436. The van der Waals surface area contributed by atoms with E-state index in [0.29, 0.717) is 0 Å². The number of carbonyl (C=O) groups excluding carboxylic acids is 2. The summed E-state index contributed by atoms with van der Waals surface area (Å²) in [5.74, 6) is 2.67. The molecule has 0 radical (unpaired) electrons. The number of ether oxygens (including phenoxy) is 2. The van der Waals surface area contributed by atoms with Crippen LogP contribution in [0.3, 0.4) is 0 Å². The standard InChI is InChI=1S/C10H6Br2O4/c1-3-5-15-9(13)7(11)8(12)10(14)16-6-4-2/h1-2H,5-6H2/b8-7+. The van der Waals surface area contributed by atoms with Crippen molar-refractivity contribution in [3.05, 3.63) is 8.96 Å². The van der Waals surface area contributed by atoms with Crippen molar-refractivity contribution in [3.63, 3.8) is 0 Å². The zero-order chi connectivity index (χ0) is 12.6. The Bertz CT molecular complexity index is 360. The van der Waals surface area contributed by atoms with Gasteiger partial charge in [-0.15, -0.1) is 12.8 Å². The van der Waals surface area contributed by atoms with E-state index in [1.165, 1.54) is 0 Å². The van der Waals surface area contributed by atoms with Gasteiger partial charge in [0.05, 0.1) is 0 Å². The first-order valence-electron chi connectivity index (χ1n) is 3.81. The summed E-state index contributed by atoms with van der Waals surface area (Å²) < 4.78 is 8.90. The number of terminal acetylenes is 2. The first-order chi connectivity index (χ1) is 7.54. The molecule has 0 saturated carbocycles. The summed E-state index contributed by atoms with van der Waals surface area (Å²) in [6.45, 7) is -0.374. The van der Waals surface area contributed by atoms with Gasteiger partial charge in [0.15, 0.2) is 13.2 Å². The molecule has 0 saturated heterocycles. The van der Waals surface area contributed by atoms with Gasteiger partial charge in [-0.2, -0.15) is 0 Å². The Labute approximate surface area is 110 Å². The van der Waals surface area contributed by atoms with E-state index in [1.807, 2.05) is 0 Å². The highest BCUT2D eigenvalue weighted by atomic mass is 79.9. The molecule has 0 aromatic carbocycles. The minimum Gasteiger partial charge on any atom is -0.449 e. The number of hydrogen-bond donors (Lipinski definition) is 0. The molecule has 0 amide bonds. The molecule has 0 aromatic rings. The lowest BCUT2D eigenvalue weighted by atomic mass is 10.5. The van der Waals surface area contributed by atoms with Crippen molar-refractivity contribution in [1.82, 2.24) is 0 Å². The van der Waals surface area contributed by atoms with Gasteiger partial charge in [-0.1, -0.05) is 11.8 Å². The topological polar surface area (TPSA) is 52.6 Å². The van der Waals surface area contributed by atoms with Gasteiger partial charge in [0, 0.05) is 0 Å². The fourth-order valence-electron chi connectivity index (χ4n) is 0.520. The van der Waals surface area contributed by atoms with Crippen molar-refractivity contribution < 1.29 is 19.1 Å². The Kier molecular flexibility index (Phi) is 7.36. The van der Waals surface area contributed by atoms with E-state index in [-0.39, 0.29) is 22.2 Å². The average Bonchev–Trinajstić information content (AvgIpc) is 2.30. The molecule has 0 unspecified atom stereocenters. The largest absolute Gasteiger partial charge is 0.449 e. The molecule has 0 aliphatic heterocycles. The zero-order valence-corrected chi connectivity index (χ0v) is 11.1. The molecule has 0 fully saturated rings. The van der Waals surface area contributed by atoms with Crippen LogP contribution in [-0.2, 0) is 19.1 Å². The molecule has 0 spiro atoms. The Morgan fingerprint density at radius 3 is 1.50 bits per heavy atom. The predicted octanol–water partition coefficient (Wildman–Crippen LogP) is 1.34. The third kappa shape index (κ3) is 5.01. The van der Waals surface area contributed by atoms with E-state index in [9.17, 15) is 9.59 Å². The average molecular weight is 350 g/mol. The summed E-state index contributed by atoms with van der Waals surface area (Å²) in [7, 11) is 0. The Morgan fingerprint density at radius 2 is 1.25 bits per heavy atom. The van der Waals surface area contributed by atoms with E-state index in [2.05, 4.69) is 53.2 Å². The molecule has 0 aliphatic carbocycles. The summed E-state index contributed by atoms with van der Waals surface area (Å²) in [6, 6.07) is 0. The lowest BCUT2D eigenvalue weighted by Gasteiger charge is -2.03. The van der Waals surface area contributed by atoms with Crippen LogP contribution in [0.1, 0.15) is 0 Å². The molecule has 4 nitrogen and oxygen atoms in total. The third-order valence-corrected chi connectivity index (χ3v) is 3.10. The van der Waals surface area contributed by atoms with E-state index in [4.69, 9.17) is 12.8 Å². The summed E-state index contributed by atoms with van der Waals surface area (Å²) in [5.41, 5.74) is 0. The normalized spacial score (nSPS) is 10.5. The van der Waals surface area contributed by atoms with E-state index in [1.54, 1.807) is 0 Å². The van der Waals surface area contributed by atoms with Gasteiger partial charge in [-0.25, -0.2) is 9.59 Å². The van der Waals surface area contributed by atoms with Gasteiger partial charge in [0.2, 0.25) is 0 Å². The SMILES string of the molecule is C#CCOC(=O)/C(Br)=C(\Br)C(=O)OCC#C. The molecule has 0 rings (SSSR count). The van der Waals surface area contributed by atoms with Crippen molar-refractivity contribution in [2.75, 3.05) is 13.2 Å². The molecule has 0 heterocycles. The number of carbonyl (C=O) groups is 2. The fraction of sp³-hybridized carbons (Fsp3) is 0.200. The molecular weight excluding hydrogens is 344 g/mol. The Morgan fingerprint density at radius 1 is 0.938 bits per heavy atom. The Balaban J connectivity index is 4.58. The molecule has 0 atom stereocenters. The van der Waals surface area contributed by atoms with Gasteiger partial charge in [0.25, 0.3) is 0 Å². The predicted molar refractivity (Wildman–Crippen MR) is 64.5 cm³/mol. The Hall–Kier alpha value is -1.24. The highest BCUT2D eigenvalue weighted by Gasteiger charge is 2.18. The van der Waals surface area contributed by atoms with Crippen LogP contribution in [0.25, 0.3) is 0 Å². The van der Waals surface area contributed by atoms with Crippen LogP contribution in [-0.4, -0.2) is 25.2 Å². The van der Waals surface area contributed by atoms with Crippen LogP contribution >= 0.6 is 31.9 Å². The van der Waals surface area contributed by atoms with Crippen LogP contribution in [0.15, 0.2) is 8.96 Å². The van der Waals surface area contributed by atoms with Gasteiger partial charge >= 0.3 is 11.9 Å². The van der Waals surface area contributed by atoms with Crippen molar-refractivity contribution in [1.29, 1.82) is 0 Å². The van der Waals surface area contributed by atoms with E-state index in [0.717, 1.165) is 0 Å². The first-order valence-corrected chi connectivity index (χ1v) is 5.39. The number of esters is 2. The number of rotatable bonds is 4. The van der Waals surface area contributed by atoms with Gasteiger partial charge in [0.1, 0.15) is 8.96 Å². The van der Waals surface area contributed by atoms with Crippen LogP contribution < -0.4 is 0 Å². The maximum atomic E-state index is 11.2. The van der Waals surface area contributed by atoms with Crippen molar-refractivity contribution in [3.8, 4) is 24.7 Å². The molecule has 84 valence electrons. The van der Waals surface area contributed by atoms with Crippen molar-refractivity contribution in [2.45, 2.75) is 0 Å². The highest BCUT2D eigenvalue weighted by molar-refractivity contribution is 9.14. The molecule has 0 N–H and O–H groups in total. The van der Waals surface area contributed by atoms with Crippen LogP contribution in [0.5, 0.6) is 0 Å². The second kappa shape index (κ2) is 7.98. The molecule has 0 bridgehead atoms. The smallest absolute Gasteiger partial charge is 0.347 e. The molecule has 0 aliphatic rings. The third-order valence-electron chi connectivity index (χ3n) is 1.12. The molecular formula is C10H6Br2O4. The van der Waals surface area contributed by atoms with Crippen molar-refractivity contribution >= 4 is 43.8 Å². The fourth-order valence-corrected chi connectivity index (χ4v) is 1.07. The molecule has 16 heavy (non-hydrogen) atoms. The molecule has 0 aromatic heterocycles. The van der Waals surface area contributed by atoms with Crippen molar-refractivity contribution in [2.24, 2.45) is 0 Å². The van der Waals surface area contributed by atoms with Crippen LogP contribution in [0, 0.1) is 24.7 Å². The number of halogens is 2. The second-order valence-electron chi connectivity index (χ2n) is 2.19. The molecule has 6 heteroatoms. The minimum atomic E-state index is -0.775. The summed E-state index contributed by atoms with van der Waals surface area (Å²) >= 11 is 5.74. The van der Waals surface area contributed by atoms with Gasteiger partial charge in [-0.3, -0.25) is 0 Å². The van der Waals surface area contributed by atoms with Gasteiger partial charge in [-0.05, 0) is 31.9 Å². The highest BCUT2D eigenvalue weighted by Crippen LogP contribution is 2.20. The van der Waals surface area contributed by atoms with Crippen LogP contribution in [0.4, 0.5) is 0 Å². The maximum absolute atomic E-state index is 11.2. The number of hydrogen-bond acceptors (Lipinski definition) is 4. The lowest BCUT2D eigenvalue weighted by molar-refractivity contribution is -0.139. The summed E-state index contributed by atoms with van der Waals surface area (Å²) in [5, 5.41) is 0. The lowest BCUT2D eigenvalue weighted by Crippen LogP contribution is -2.11. The van der Waals surface area contributed by atoms with Crippen LogP contribution in [0.2, 0.25) is 0 Å². The summed E-state index contributed by atoms with van der Waals surface area (Å²) in [4.78, 5) is 22.4. The zero-order valence-electron chi connectivity index (χ0n) is 7.96. The minimum absolute atomic E-state index is 0.121. The monoisotopic (exact) mass is 348 g/mol. The van der Waals surface area contributed by atoms with E-state index >= 15 is 0 Å². The first kappa shape index (κ1) is 14.8. The second-order valence-corrected chi connectivity index (χ2v) is 3.77. The maximum Gasteiger partial charge on any atom is 0.347 e. The van der Waals surface area contributed by atoms with E-state index < -0.39 is 11.9 Å². The summed E-state index contributed by atoms with van der Waals surface area (Å²) in [6.07, 6.45) is 9.79.